The number of benzene rings is 1. The first-order chi connectivity index (χ1) is 16.9. The lowest BCUT2D eigenvalue weighted by Crippen LogP contribution is -2.41. The summed E-state index contributed by atoms with van der Waals surface area (Å²) in [5.74, 6) is -0.930. The molecule has 1 amide bonds. The molecule has 1 N–H and O–H groups in total. The molecule has 2 aromatic rings. The van der Waals surface area contributed by atoms with E-state index in [2.05, 4.69) is 67.0 Å². The summed E-state index contributed by atoms with van der Waals surface area (Å²) in [5.41, 5.74) is 1.92. The number of hydrogen-bond donors (Lipinski definition) is 1. The maximum atomic E-state index is 13.7. The second-order valence-corrected chi connectivity index (χ2v) is 13.0. The highest BCUT2D eigenvalue weighted by atomic mass is 32.2. The first-order valence-corrected chi connectivity index (χ1v) is 14.3. The number of carbonyl (C=O) groups excluding carboxylic acids is 1. The van der Waals surface area contributed by atoms with Crippen LogP contribution >= 0.6 is 11.9 Å². The van der Waals surface area contributed by atoms with E-state index in [4.69, 9.17) is 4.98 Å². The largest absolute Gasteiger partial charge is 0.353 e. The van der Waals surface area contributed by atoms with E-state index in [9.17, 15) is 13.6 Å². The first-order valence-electron chi connectivity index (χ1n) is 13.6. The lowest BCUT2D eigenvalue weighted by atomic mass is 9.86. The number of nitrogens with zero attached hydrogens (tertiary/aromatic N) is 3. The number of fused-ring (bicyclic) bond motifs is 1. The van der Waals surface area contributed by atoms with Gasteiger partial charge in [-0.3, -0.25) is 4.79 Å². The summed E-state index contributed by atoms with van der Waals surface area (Å²) in [6.45, 7) is 13.2. The van der Waals surface area contributed by atoms with Crippen LogP contribution in [0.5, 0.6) is 0 Å². The lowest BCUT2D eigenvalue weighted by Gasteiger charge is -2.31. The van der Waals surface area contributed by atoms with Crippen molar-refractivity contribution in [3.05, 3.63) is 24.0 Å². The fourth-order valence-electron chi connectivity index (χ4n) is 5.29. The van der Waals surface area contributed by atoms with Gasteiger partial charge in [-0.05, 0) is 75.1 Å². The van der Waals surface area contributed by atoms with E-state index in [-0.39, 0.29) is 42.0 Å². The van der Waals surface area contributed by atoms with Crippen molar-refractivity contribution >= 4 is 28.9 Å². The molecule has 0 radical (unpaired) electrons. The Morgan fingerprint density at radius 2 is 1.86 bits per heavy atom. The van der Waals surface area contributed by atoms with Gasteiger partial charge < -0.3 is 9.88 Å². The van der Waals surface area contributed by atoms with Crippen LogP contribution in [0.1, 0.15) is 85.4 Å². The number of piperidine rings is 1. The normalized spacial score (nSPS) is 21.1. The van der Waals surface area contributed by atoms with Gasteiger partial charge in [0, 0.05) is 54.7 Å². The molecule has 0 spiro atoms. The van der Waals surface area contributed by atoms with Crippen LogP contribution in [0.4, 0.5) is 8.78 Å². The Morgan fingerprint density at radius 1 is 1.19 bits per heavy atom. The maximum Gasteiger partial charge on any atom is 0.248 e. The fraction of sp³-hybridized carbons (Fsp3) is 0.714. The van der Waals surface area contributed by atoms with Crippen molar-refractivity contribution in [3.63, 3.8) is 0 Å². The quantitative estimate of drug-likeness (QED) is 0.408. The number of imidazole rings is 1. The molecule has 1 aromatic carbocycles. The molecule has 1 aromatic heterocycles. The van der Waals surface area contributed by atoms with Gasteiger partial charge in [-0.2, -0.15) is 0 Å². The van der Waals surface area contributed by atoms with Crippen LogP contribution in [0.3, 0.4) is 0 Å². The molecule has 8 heteroatoms. The van der Waals surface area contributed by atoms with E-state index in [0.29, 0.717) is 12.8 Å². The summed E-state index contributed by atoms with van der Waals surface area (Å²) in [6, 6.07) is 6.68. The zero-order valence-electron chi connectivity index (χ0n) is 22.4. The van der Waals surface area contributed by atoms with Crippen LogP contribution in [-0.2, 0) is 16.8 Å². The average Bonchev–Trinajstić information content (AvgIpc) is 3.19. The Morgan fingerprint density at radius 3 is 2.47 bits per heavy atom. The van der Waals surface area contributed by atoms with Gasteiger partial charge in [0.1, 0.15) is 5.82 Å². The van der Waals surface area contributed by atoms with Gasteiger partial charge in [-0.25, -0.2) is 18.1 Å². The molecule has 5 nitrogen and oxygen atoms in total. The Hall–Kier alpha value is -1.67. The van der Waals surface area contributed by atoms with Gasteiger partial charge >= 0.3 is 0 Å². The number of rotatable bonds is 7. The lowest BCUT2D eigenvalue weighted by molar-refractivity contribution is -0.126. The molecule has 200 valence electrons. The summed E-state index contributed by atoms with van der Waals surface area (Å²) in [6.07, 6.45) is 3.82. The van der Waals surface area contributed by atoms with Crippen LogP contribution in [0.15, 0.2) is 23.1 Å². The van der Waals surface area contributed by atoms with Gasteiger partial charge in [0.05, 0.1) is 11.0 Å². The van der Waals surface area contributed by atoms with E-state index < -0.39 is 5.92 Å². The molecule has 1 saturated heterocycles. The average molecular weight is 521 g/mol. The van der Waals surface area contributed by atoms with Gasteiger partial charge in [0.25, 0.3) is 0 Å². The SMILES string of the molecule is CCC(C)NC(=O)C1CCN(Sc2ccc3c(c2)nc(C(C)(C)C)n3CC2CCC(F)(F)CC2)CC1. The third kappa shape index (κ3) is 6.60. The molecule has 1 atom stereocenters. The Balaban J connectivity index is 1.44. The standard InChI is InChI=1S/C28H42F2N4OS/c1-6-19(2)31-25(35)21-11-15-33(16-12-21)36-22-7-8-24-23(17-22)32-26(27(3,4)5)34(24)18-20-9-13-28(29,30)14-10-20/h7-8,17,19-21H,6,9-16,18H2,1-5H3,(H,31,35). The van der Waals surface area contributed by atoms with E-state index >= 15 is 0 Å². The highest BCUT2D eigenvalue weighted by Gasteiger charge is 2.36. The number of aromatic nitrogens is 2. The third-order valence-electron chi connectivity index (χ3n) is 7.73. The van der Waals surface area contributed by atoms with Gasteiger partial charge in [-0.15, -0.1) is 0 Å². The van der Waals surface area contributed by atoms with E-state index in [1.54, 1.807) is 11.9 Å². The molecule has 2 aliphatic rings. The Bertz CT molecular complexity index is 1050. The summed E-state index contributed by atoms with van der Waals surface area (Å²) >= 11 is 1.74. The number of nitrogens with one attached hydrogen (secondary N) is 1. The van der Waals surface area contributed by atoms with Gasteiger partial charge in [0.2, 0.25) is 11.8 Å². The molecule has 1 aliphatic heterocycles. The molecule has 1 saturated carbocycles. The summed E-state index contributed by atoms with van der Waals surface area (Å²) in [5, 5.41) is 3.12. The molecule has 2 fully saturated rings. The van der Waals surface area contributed by atoms with Crippen molar-refractivity contribution in [1.29, 1.82) is 0 Å². The fourth-order valence-corrected chi connectivity index (χ4v) is 6.27. The molecule has 2 heterocycles. The second-order valence-electron chi connectivity index (χ2n) is 11.9. The van der Waals surface area contributed by atoms with Crippen molar-refractivity contribution in [2.75, 3.05) is 13.1 Å². The number of amides is 1. The molecule has 36 heavy (non-hydrogen) atoms. The van der Waals surface area contributed by atoms with E-state index in [1.807, 2.05) is 0 Å². The van der Waals surface area contributed by atoms with Crippen molar-refractivity contribution in [2.45, 2.75) is 108 Å². The smallest absolute Gasteiger partial charge is 0.248 e. The molecule has 4 rings (SSSR count). The predicted octanol–water partition coefficient (Wildman–Crippen LogP) is 6.79. The van der Waals surface area contributed by atoms with E-state index in [1.165, 1.54) is 0 Å². The van der Waals surface area contributed by atoms with Gasteiger partial charge in [-0.1, -0.05) is 27.7 Å². The van der Waals surface area contributed by atoms with Crippen LogP contribution in [0, 0.1) is 11.8 Å². The molecule has 0 bridgehead atoms. The van der Waals surface area contributed by atoms with Crippen molar-refractivity contribution in [3.8, 4) is 0 Å². The van der Waals surface area contributed by atoms with Crippen molar-refractivity contribution in [2.24, 2.45) is 11.8 Å². The van der Waals surface area contributed by atoms with Crippen LogP contribution in [-0.4, -0.2) is 44.8 Å². The highest BCUT2D eigenvalue weighted by molar-refractivity contribution is 7.97. The number of halogens is 2. The Kier molecular flexibility index (Phi) is 8.35. The zero-order valence-corrected chi connectivity index (χ0v) is 23.3. The van der Waals surface area contributed by atoms with Crippen molar-refractivity contribution < 1.29 is 13.6 Å². The van der Waals surface area contributed by atoms with Gasteiger partial charge in [0.15, 0.2) is 0 Å². The summed E-state index contributed by atoms with van der Waals surface area (Å²) in [7, 11) is 0. The highest BCUT2D eigenvalue weighted by Crippen LogP contribution is 2.38. The Labute approximate surface area is 218 Å². The minimum atomic E-state index is -2.50. The zero-order chi connectivity index (χ0) is 26.1. The summed E-state index contributed by atoms with van der Waals surface area (Å²) < 4.78 is 32.0. The number of carbonyl (C=O) groups is 1. The van der Waals surface area contributed by atoms with Crippen LogP contribution < -0.4 is 5.32 Å². The monoisotopic (exact) mass is 520 g/mol. The topological polar surface area (TPSA) is 50.2 Å². The van der Waals surface area contributed by atoms with Crippen molar-refractivity contribution in [1.82, 2.24) is 19.2 Å². The molecular weight excluding hydrogens is 478 g/mol. The number of hydrogen-bond acceptors (Lipinski definition) is 4. The van der Waals surface area contributed by atoms with Crippen LogP contribution in [0.2, 0.25) is 0 Å². The minimum Gasteiger partial charge on any atom is -0.353 e. The summed E-state index contributed by atoms with van der Waals surface area (Å²) in [4.78, 5) is 18.7. The molecular formula is C28H42F2N4OS. The van der Waals surface area contributed by atoms with Crippen LogP contribution in [0.25, 0.3) is 11.0 Å². The number of alkyl halides is 2. The molecule has 1 unspecified atom stereocenters. The predicted molar refractivity (Wildman–Crippen MR) is 143 cm³/mol. The van der Waals surface area contributed by atoms with E-state index in [0.717, 1.165) is 60.7 Å². The minimum absolute atomic E-state index is 0.00802. The maximum absolute atomic E-state index is 13.7. The second kappa shape index (κ2) is 11.0. The first kappa shape index (κ1) is 27.4. The third-order valence-corrected chi connectivity index (χ3v) is 8.82. The molecule has 1 aliphatic carbocycles.